The van der Waals surface area contributed by atoms with E-state index in [9.17, 15) is 24.9 Å². The number of piperidine rings is 1. The lowest BCUT2D eigenvalue weighted by molar-refractivity contribution is -0.144. The van der Waals surface area contributed by atoms with Crippen molar-refractivity contribution < 1.29 is 29.6 Å². The molecule has 3 aliphatic rings. The number of allylic oxidation sites excluding steroid dienone is 2. The molecule has 1 aliphatic carbocycles. The van der Waals surface area contributed by atoms with E-state index in [-0.39, 0.29) is 30.2 Å². The Hall–Kier alpha value is -3.51. The van der Waals surface area contributed by atoms with Gasteiger partial charge >= 0.3 is 0 Å². The van der Waals surface area contributed by atoms with Crippen molar-refractivity contribution in [2.45, 2.75) is 70.6 Å². The number of aliphatic hydroxyl groups excluding tert-OH is 2. The molecule has 6 rings (SSSR count). The van der Waals surface area contributed by atoms with Crippen LogP contribution in [-0.4, -0.2) is 75.9 Å². The Morgan fingerprint density at radius 2 is 1.71 bits per heavy atom. The number of imide groups is 1. The highest BCUT2D eigenvalue weighted by atomic mass is 127. The Bertz CT molecular complexity index is 1750. The van der Waals surface area contributed by atoms with Crippen LogP contribution in [0.2, 0.25) is 0 Å². The number of phenols is 1. The van der Waals surface area contributed by atoms with Crippen LogP contribution in [0.4, 0.5) is 0 Å². The molecule has 9 heteroatoms. The van der Waals surface area contributed by atoms with Crippen LogP contribution in [0.1, 0.15) is 68.6 Å². The number of hydrogen-bond acceptors (Lipinski definition) is 7. The first kappa shape index (κ1) is 37.3. The molecule has 0 aromatic heterocycles. The van der Waals surface area contributed by atoms with E-state index >= 15 is 0 Å². The molecule has 2 amide bonds. The average molecular weight is 805 g/mol. The van der Waals surface area contributed by atoms with E-state index in [1.54, 1.807) is 11.0 Å². The van der Waals surface area contributed by atoms with Gasteiger partial charge in [-0.25, -0.2) is 0 Å². The summed E-state index contributed by atoms with van der Waals surface area (Å²) in [5.74, 6) is -1.58. The quantitative estimate of drug-likeness (QED) is 0.0735. The summed E-state index contributed by atoms with van der Waals surface area (Å²) in [6.07, 6.45) is 5.54. The zero-order chi connectivity index (χ0) is 36.1. The predicted octanol–water partition coefficient (Wildman–Crippen LogP) is 7.06. The first-order chi connectivity index (χ1) is 24.7. The van der Waals surface area contributed by atoms with Gasteiger partial charge in [-0.1, -0.05) is 85.7 Å². The summed E-state index contributed by atoms with van der Waals surface area (Å²) in [6.45, 7) is 4.26. The zero-order valence-electron chi connectivity index (χ0n) is 29.5. The van der Waals surface area contributed by atoms with Gasteiger partial charge in [-0.15, -0.1) is 0 Å². The van der Waals surface area contributed by atoms with E-state index < -0.39 is 23.9 Å². The normalized spacial score (nSPS) is 22.4. The first-order valence-electron chi connectivity index (χ1n) is 18.2. The third kappa shape index (κ3) is 8.11. The molecule has 2 fully saturated rings. The zero-order valence-corrected chi connectivity index (χ0v) is 31.7. The maximum atomic E-state index is 14.2. The molecule has 4 atom stereocenters. The minimum atomic E-state index is -0.885. The van der Waals surface area contributed by atoms with Crippen LogP contribution in [0.3, 0.4) is 0 Å². The van der Waals surface area contributed by atoms with Crippen LogP contribution in [0.15, 0.2) is 83.9 Å². The standard InChI is InChI=1S/C42H49IN2O6/c1-3-10-31-24-33-39(42(50)45(41(33)49)32-17-19-44(20-18-32)25-27-11-6-4-7-12-27)34(26-46)38(31)36(47)16-15-30(29-13-8-5-9-14-29)21-28-22-35(43)40(48)37(23-28)51-2/h4-9,11-14,21-23,32-34,36,39,46-48H,3,10,15-20,24-26H2,1-2H3/b30-21-/t33-,34+,36-,39-/m1/s1. The number of carbonyl (C=O) groups is 2. The van der Waals surface area contributed by atoms with Crippen LogP contribution in [-0.2, 0) is 16.1 Å². The number of hydrogen-bond donors (Lipinski definition) is 3. The maximum absolute atomic E-state index is 14.2. The van der Waals surface area contributed by atoms with Crippen molar-refractivity contribution in [2.75, 3.05) is 26.8 Å². The molecule has 0 spiro atoms. The van der Waals surface area contributed by atoms with Crippen molar-refractivity contribution in [2.24, 2.45) is 17.8 Å². The minimum Gasteiger partial charge on any atom is -0.504 e. The van der Waals surface area contributed by atoms with Gasteiger partial charge in [0.25, 0.3) is 0 Å². The molecule has 2 heterocycles. The van der Waals surface area contributed by atoms with E-state index in [0.717, 1.165) is 66.7 Å². The van der Waals surface area contributed by atoms with Gasteiger partial charge in [0, 0.05) is 31.6 Å². The summed E-state index contributed by atoms with van der Waals surface area (Å²) in [5.41, 5.74) is 5.89. The van der Waals surface area contributed by atoms with Gasteiger partial charge in [-0.3, -0.25) is 19.4 Å². The van der Waals surface area contributed by atoms with Gasteiger partial charge in [0.15, 0.2) is 11.5 Å². The Morgan fingerprint density at radius 1 is 1.02 bits per heavy atom. The van der Waals surface area contributed by atoms with Crippen molar-refractivity contribution in [3.8, 4) is 11.5 Å². The highest BCUT2D eigenvalue weighted by Gasteiger charge is 2.56. The first-order valence-corrected chi connectivity index (χ1v) is 19.3. The monoisotopic (exact) mass is 804 g/mol. The van der Waals surface area contributed by atoms with E-state index in [1.807, 2.05) is 54.6 Å². The summed E-state index contributed by atoms with van der Waals surface area (Å²) in [7, 11) is 1.53. The molecule has 0 bridgehead atoms. The van der Waals surface area contributed by atoms with Crippen molar-refractivity contribution in [1.82, 2.24) is 9.80 Å². The molecule has 0 radical (unpaired) electrons. The third-order valence-electron chi connectivity index (χ3n) is 10.9. The molecule has 51 heavy (non-hydrogen) atoms. The molecule has 2 aliphatic heterocycles. The van der Waals surface area contributed by atoms with Crippen LogP contribution in [0.5, 0.6) is 11.5 Å². The van der Waals surface area contributed by atoms with E-state index in [0.29, 0.717) is 35.0 Å². The van der Waals surface area contributed by atoms with Gasteiger partial charge in [0.1, 0.15) is 0 Å². The number of benzene rings is 3. The second-order valence-electron chi connectivity index (χ2n) is 14.1. The Labute approximate surface area is 315 Å². The van der Waals surface area contributed by atoms with Gasteiger partial charge in [0.05, 0.1) is 35.2 Å². The fourth-order valence-electron chi connectivity index (χ4n) is 8.49. The number of likely N-dealkylation sites (tertiary alicyclic amines) is 2. The number of halogens is 1. The van der Waals surface area contributed by atoms with Crippen LogP contribution < -0.4 is 4.74 Å². The highest BCUT2D eigenvalue weighted by Crippen LogP contribution is 2.48. The number of rotatable bonds is 13. The summed E-state index contributed by atoms with van der Waals surface area (Å²) in [6, 6.07) is 23.9. The number of aromatic hydroxyl groups is 1. The fraction of sp³-hybridized carbons (Fsp3) is 0.429. The highest BCUT2D eigenvalue weighted by molar-refractivity contribution is 14.1. The molecule has 2 saturated heterocycles. The molecule has 0 saturated carbocycles. The Morgan fingerprint density at radius 3 is 2.35 bits per heavy atom. The largest absolute Gasteiger partial charge is 0.504 e. The second kappa shape index (κ2) is 16.9. The van der Waals surface area contributed by atoms with Gasteiger partial charge in [0.2, 0.25) is 11.8 Å². The Kier molecular flexibility index (Phi) is 12.3. The fourth-order valence-corrected chi connectivity index (χ4v) is 9.12. The van der Waals surface area contributed by atoms with Crippen molar-refractivity contribution in [1.29, 1.82) is 0 Å². The third-order valence-corrected chi connectivity index (χ3v) is 11.8. The number of carbonyl (C=O) groups excluding carboxylic acids is 2. The lowest BCUT2D eigenvalue weighted by atomic mass is 9.67. The lowest BCUT2D eigenvalue weighted by Gasteiger charge is -2.37. The smallest absolute Gasteiger partial charge is 0.234 e. The predicted molar refractivity (Wildman–Crippen MR) is 208 cm³/mol. The Balaban J connectivity index is 1.21. The number of fused-ring (bicyclic) bond motifs is 1. The summed E-state index contributed by atoms with van der Waals surface area (Å²) in [5, 5.41) is 33.3. The maximum Gasteiger partial charge on any atom is 0.234 e. The molecule has 270 valence electrons. The molecule has 3 N–H and O–H groups in total. The topological polar surface area (TPSA) is 111 Å². The van der Waals surface area contributed by atoms with Crippen molar-refractivity contribution in [3.63, 3.8) is 0 Å². The summed E-state index contributed by atoms with van der Waals surface area (Å²) < 4.78 is 6.07. The SMILES string of the molecule is CCCC1=C([C@H](O)CC/C(=C/c2cc(I)c(O)c(OC)c2)c2ccccc2)[C@H](CO)[C@@H]2C(=O)N(C3CCN(Cc4ccccc4)CC3)C(=O)[C@@H]2C1. The minimum absolute atomic E-state index is 0.0972. The number of aliphatic hydroxyl groups is 2. The molecule has 8 nitrogen and oxygen atoms in total. The summed E-state index contributed by atoms with van der Waals surface area (Å²) >= 11 is 2.09. The molecule has 3 aromatic rings. The van der Waals surface area contributed by atoms with Gasteiger partial charge in [-0.05, 0) is 101 Å². The number of phenolic OH excluding ortho intramolecular Hbond substituents is 1. The molecular weight excluding hydrogens is 755 g/mol. The van der Waals surface area contributed by atoms with Crippen LogP contribution >= 0.6 is 22.6 Å². The number of methoxy groups -OCH3 is 1. The van der Waals surface area contributed by atoms with Gasteiger partial charge in [-0.2, -0.15) is 0 Å². The molecule has 0 unspecified atom stereocenters. The van der Waals surface area contributed by atoms with Crippen molar-refractivity contribution in [3.05, 3.63) is 104 Å². The number of ether oxygens (including phenoxy) is 1. The van der Waals surface area contributed by atoms with E-state index in [4.69, 9.17) is 4.74 Å². The summed E-state index contributed by atoms with van der Waals surface area (Å²) in [4.78, 5) is 32.2. The number of amides is 2. The molecular formula is C42H49IN2O6. The number of nitrogens with zero attached hydrogens (tertiary/aromatic N) is 2. The lowest BCUT2D eigenvalue weighted by Crippen LogP contribution is -2.47. The average Bonchev–Trinajstić information content (AvgIpc) is 3.40. The molecule has 3 aromatic carbocycles. The van der Waals surface area contributed by atoms with Gasteiger partial charge < -0.3 is 20.1 Å². The second-order valence-corrected chi connectivity index (χ2v) is 15.3. The van der Waals surface area contributed by atoms with E-state index in [1.165, 1.54) is 12.7 Å². The van der Waals surface area contributed by atoms with Crippen molar-refractivity contribution >= 4 is 46.1 Å². The van der Waals surface area contributed by atoms with Crippen LogP contribution in [0.25, 0.3) is 11.6 Å². The van der Waals surface area contributed by atoms with Crippen LogP contribution in [0, 0.1) is 21.3 Å². The van der Waals surface area contributed by atoms with E-state index in [2.05, 4.69) is 52.6 Å².